The van der Waals surface area contributed by atoms with Crippen LogP contribution in [0.25, 0.3) is 0 Å². The first-order valence-electron chi connectivity index (χ1n) is 10.2. The Balaban J connectivity index is 1.86. The molecule has 0 bridgehead atoms. The predicted molar refractivity (Wildman–Crippen MR) is 114 cm³/mol. The molecule has 0 saturated carbocycles. The minimum Gasteiger partial charge on any atom is -0.508 e. The molecule has 4 N–H and O–H groups in total. The van der Waals surface area contributed by atoms with E-state index in [4.69, 9.17) is 4.74 Å². The summed E-state index contributed by atoms with van der Waals surface area (Å²) >= 11 is 0. The van der Waals surface area contributed by atoms with E-state index in [2.05, 4.69) is 5.32 Å². The van der Waals surface area contributed by atoms with Gasteiger partial charge in [-0.1, -0.05) is 36.4 Å². The molecule has 9 heteroatoms. The quantitative estimate of drug-likeness (QED) is 0.503. The maximum Gasteiger partial charge on any atom is 0.329 e. The molecule has 1 aliphatic rings. The molecule has 32 heavy (non-hydrogen) atoms. The van der Waals surface area contributed by atoms with Crippen LogP contribution in [0, 0.1) is 6.92 Å². The van der Waals surface area contributed by atoms with Crippen molar-refractivity contribution in [1.29, 1.82) is 0 Å². The first-order chi connectivity index (χ1) is 15.2. The average Bonchev–Trinajstić information content (AvgIpc) is 3.16. The van der Waals surface area contributed by atoms with Crippen LogP contribution in [0.15, 0.2) is 48.5 Å². The summed E-state index contributed by atoms with van der Waals surface area (Å²) in [6, 6.07) is 11.2. The highest BCUT2D eigenvalue weighted by molar-refractivity contribution is 5.97. The molecule has 170 valence electrons. The first-order valence-corrected chi connectivity index (χ1v) is 10.2. The highest BCUT2D eigenvalue weighted by Crippen LogP contribution is 2.22. The van der Waals surface area contributed by atoms with Crippen molar-refractivity contribution in [2.45, 2.75) is 44.6 Å². The van der Waals surface area contributed by atoms with E-state index in [1.54, 1.807) is 31.2 Å². The van der Waals surface area contributed by atoms with E-state index in [0.29, 0.717) is 5.56 Å². The summed E-state index contributed by atoms with van der Waals surface area (Å²) in [6.07, 6.45) is -2.33. The van der Waals surface area contributed by atoms with Crippen LogP contribution in [-0.4, -0.2) is 69.0 Å². The molecule has 0 spiro atoms. The number of phenols is 1. The van der Waals surface area contributed by atoms with E-state index >= 15 is 0 Å². The van der Waals surface area contributed by atoms with Gasteiger partial charge in [0.25, 0.3) is 11.8 Å². The number of carbonyl (C=O) groups is 3. The zero-order valence-electron chi connectivity index (χ0n) is 17.8. The number of hydrogen-bond acceptors (Lipinski definition) is 6. The van der Waals surface area contributed by atoms with Gasteiger partial charge in [0.05, 0.1) is 12.1 Å². The van der Waals surface area contributed by atoms with Crippen molar-refractivity contribution in [3.8, 4) is 5.75 Å². The standard InChI is InChI=1S/C23H26N2O7/c1-13-16(9-6-10-18(13)26)21(28)24-17(11-15-7-4-3-5-8-15)20(27)22(29)25-12-32-14(2)19(25)23(30)31/h3-10,14,17,19-20,26-27H,11-12H2,1-2H3,(H,24,28)(H,30,31)/t14-,17-,19-,20-/m0/s1. The smallest absolute Gasteiger partial charge is 0.329 e. The second-order valence-corrected chi connectivity index (χ2v) is 7.76. The number of hydrogen-bond donors (Lipinski definition) is 4. The highest BCUT2D eigenvalue weighted by atomic mass is 16.5. The van der Waals surface area contributed by atoms with Crippen molar-refractivity contribution in [1.82, 2.24) is 10.2 Å². The van der Waals surface area contributed by atoms with Gasteiger partial charge >= 0.3 is 5.97 Å². The maximum atomic E-state index is 13.0. The van der Waals surface area contributed by atoms with Gasteiger partial charge in [0.1, 0.15) is 12.5 Å². The second kappa shape index (κ2) is 9.80. The van der Waals surface area contributed by atoms with E-state index in [1.165, 1.54) is 25.1 Å². The summed E-state index contributed by atoms with van der Waals surface area (Å²) in [5.41, 5.74) is 1.32. The van der Waals surface area contributed by atoms with Crippen LogP contribution in [0.2, 0.25) is 0 Å². The Morgan fingerprint density at radius 1 is 1.16 bits per heavy atom. The van der Waals surface area contributed by atoms with Crippen LogP contribution in [-0.2, 0) is 20.7 Å². The molecule has 3 rings (SSSR count). The maximum absolute atomic E-state index is 13.0. The SMILES string of the molecule is Cc1c(O)cccc1C(=O)N[C@@H](Cc1ccccc1)[C@H](O)C(=O)N1CO[C@@H](C)[C@H]1C(=O)O. The number of nitrogens with one attached hydrogen (secondary N) is 1. The molecule has 0 radical (unpaired) electrons. The van der Waals surface area contributed by atoms with Crippen molar-refractivity contribution in [2.24, 2.45) is 0 Å². The van der Waals surface area contributed by atoms with Gasteiger partial charge in [0.15, 0.2) is 12.1 Å². The van der Waals surface area contributed by atoms with E-state index in [1.807, 2.05) is 6.07 Å². The molecular formula is C23H26N2O7. The summed E-state index contributed by atoms with van der Waals surface area (Å²) in [6.45, 7) is 2.84. The minimum atomic E-state index is -1.72. The molecule has 2 aromatic carbocycles. The number of aliphatic carboxylic acids is 1. The monoisotopic (exact) mass is 442 g/mol. The zero-order valence-corrected chi connectivity index (χ0v) is 17.8. The number of phenolic OH excluding ortho intramolecular Hbond substituents is 1. The molecule has 2 amide bonds. The van der Waals surface area contributed by atoms with Crippen LogP contribution >= 0.6 is 0 Å². The fourth-order valence-corrected chi connectivity index (χ4v) is 3.72. The van der Waals surface area contributed by atoms with Crippen molar-refractivity contribution < 1.29 is 34.4 Å². The Kier molecular flexibility index (Phi) is 7.12. The number of nitrogens with zero attached hydrogens (tertiary/aromatic N) is 1. The summed E-state index contributed by atoms with van der Waals surface area (Å²) in [4.78, 5) is 38.5. The fourth-order valence-electron chi connectivity index (χ4n) is 3.72. The first kappa shape index (κ1) is 23.2. The summed E-state index contributed by atoms with van der Waals surface area (Å²) in [7, 11) is 0. The molecule has 9 nitrogen and oxygen atoms in total. The van der Waals surface area contributed by atoms with E-state index < -0.39 is 42.1 Å². The van der Waals surface area contributed by atoms with Gasteiger partial charge in [-0.2, -0.15) is 0 Å². The zero-order chi connectivity index (χ0) is 23.4. The molecule has 1 heterocycles. The summed E-state index contributed by atoms with van der Waals surface area (Å²) in [5, 5.41) is 32.9. The van der Waals surface area contributed by atoms with Crippen LogP contribution in [0.1, 0.15) is 28.4 Å². The normalized spacial score (nSPS) is 19.9. The lowest BCUT2D eigenvalue weighted by atomic mass is 9.98. The minimum absolute atomic E-state index is 0.0543. The highest BCUT2D eigenvalue weighted by Gasteiger charge is 2.44. The molecule has 0 unspecified atom stereocenters. The van der Waals surface area contributed by atoms with E-state index in [-0.39, 0.29) is 24.5 Å². The lowest BCUT2D eigenvalue weighted by molar-refractivity contribution is -0.153. The number of ether oxygens (including phenoxy) is 1. The number of aromatic hydroxyl groups is 1. The molecule has 1 saturated heterocycles. The van der Waals surface area contributed by atoms with Gasteiger partial charge in [-0.15, -0.1) is 0 Å². The number of carboxylic acids is 1. The largest absolute Gasteiger partial charge is 0.508 e. The van der Waals surface area contributed by atoms with E-state index in [0.717, 1.165) is 10.5 Å². The second-order valence-electron chi connectivity index (χ2n) is 7.76. The Bertz CT molecular complexity index is 995. The lowest BCUT2D eigenvalue weighted by Crippen LogP contribution is -2.55. The number of benzene rings is 2. The number of amides is 2. The average molecular weight is 442 g/mol. The number of aliphatic hydroxyl groups is 1. The molecule has 1 fully saturated rings. The number of carbonyl (C=O) groups excluding carboxylic acids is 2. The Hall–Kier alpha value is -3.43. The number of aliphatic hydroxyl groups excluding tert-OH is 1. The fraction of sp³-hybridized carbons (Fsp3) is 0.348. The van der Waals surface area contributed by atoms with Crippen molar-refractivity contribution in [3.63, 3.8) is 0 Å². The van der Waals surface area contributed by atoms with Gasteiger partial charge in [-0.05, 0) is 38.0 Å². The predicted octanol–water partition coefficient (Wildman–Crippen LogP) is 1.06. The third kappa shape index (κ3) is 4.90. The van der Waals surface area contributed by atoms with Gasteiger partial charge < -0.3 is 30.3 Å². The van der Waals surface area contributed by atoms with Crippen molar-refractivity contribution in [3.05, 3.63) is 65.2 Å². The number of rotatable bonds is 7. The van der Waals surface area contributed by atoms with Crippen LogP contribution < -0.4 is 5.32 Å². The van der Waals surface area contributed by atoms with Crippen LogP contribution in [0.5, 0.6) is 5.75 Å². The number of carboxylic acid groups (broad SMARTS) is 1. The molecule has 0 aliphatic carbocycles. The van der Waals surface area contributed by atoms with Gasteiger partial charge in [-0.3, -0.25) is 9.59 Å². The van der Waals surface area contributed by atoms with Crippen LogP contribution in [0.3, 0.4) is 0 Å². The molecule has 2 aromatic rings. The van der Waals surface area contributed by atoms with Crippen molar-refractivity contribution in [2.75, 3.05) is 6.73 Å². The van der Waals surface area contributed by atoms with Gasteiger partial charge in [-0.25, -0.2) is 4.79 Å². The topological polar surface area (TPSA) is 136 Å². The Morgan fingerprint density at radius 2 is 1.84 bits per heavy atom. The lowest BCUT2D eigenvalue weighted by Gasteiger charge is -2.29. The van der Waals surface area contributed by atoms with Crippen molar-refractivity contribution >= 4 is 17.8 Å². The molecular weight excluding hydrogens is 416 g/mol. The third-order valence-electron chi connectivity index (χ3n) is 5.59. The van der Waals surface area contributed by atoms with Crippen LogP contribution in [0.4, 0.5) is 0 Å². The summed E-state index contributed by atoms with van der Waals surface area (Å²) in [5.74, 6) is -2.72. The molecule has 4 atom stereocenters. The van der Waals surface area contributed by atoms with E-state index in [9.17, 15) is 29.7 Å². The van der Waals surface area contributed by atoms with Gasteiger partial charge in [0.2, 0.25) is 0 Å². The Morgan fingerprint density at radius 3 is 2.50 bits per heavy atom. The molecule has 1 aliphatic heterocycles. The van der Waals surface area contributed by atoms with Gasteiger partial charge in [0, 0.05) is 11.1 Å². The third-order valence-corrected chi connectivity index (χ3v) is 5.59. The summed E-state index contributed by atoms with van der Waals surface area (Å²) < 4.78 is 5.29. The Labute approximate surface area is 185 Å². The molecule has 0 aromatic heterocycles.